The Morgan fingerprint density at radius 3 is 1.25 bits per heavy atom. The molecule has 0 rings (SSSR count). The van der Waals surface area contributed by atoms with Crippen LogP contribution in [-0.4, -0.2) is 55.1 Å². The summed E-state index contributed by atoms with van der Waals surface area (Å²) in [7, 11) is 3.61. The topological polar surface area (TPSA) is 36.9 Å². The minimum atomic E-state index is -2.00. The van der Waals surface area contributed by atoms with Gasteiger partial charge in [-0.1, -0.05) is 49.3 Å². The van der Waals surface area contributed by atoms with E-state index in [4.69, 9.17) is 17.7 Å². The molecule has 0 N–H and O–H groups in total. The fraction of sp³-hybridized carbons (Fsp3) is 1.00. The van der Waals surface area contributed by atoms with Crippen molar-refractivity contribution in [1.82, 2.24) is 0 Å². The summed E-state index contributed by atoms with van der Waals surface area (Å²) in [5, 5.41) is 0. The fourth-order valence-corrected chi connectivity index (χ4v) is 16.8. The highest BCUT2D eigenvalue weighted by Gasteiger charge is 2.35. The molecule has 28 heavy (non-hydrogen) atoms. The molecule has 0 fully saturated rings. The van der Waals surface area contributed by atoms with Crippen molar-refractivity contribution in [2.45, 2.75) is 78.6 Å². The van der Waals surface area contributed by atoms with Gasteiger partial charge in [0, 0.05) is 50.0 Å². The molecule has 2 unspecified atom stereocenters. The third-order valence-corrected chi connectivity index (χ3v) is 18.7. The van der Waals surface area contributed by atoms with Gasteiger partial charge in [0.05, 0.1) is 0 Å². The second kappa shape index (κ2) is 19.4. The van der Waals surface area contributed by atoms with Gasteiger partial charge in [0.1, 0.15) is 0 Å². The van der Waals surface area contributed by atoms with E-state index in [1.807, 2.05) is 41.2 Å². The first-order valence-corrected chi connectivity index (χ1v) is 20.3. The second-order valence-electron chi connectivity index (χ2n) is 6.37. The lowest BCUT2D eigenvalue weighted by atomic mass is 10.5. The smallest absolute Gasteiger partial charge is 0.338 e. The van der Waals surface area contributed by atoms with Gasteiger partial charge in [-0.05, 0) is 58.4 Å². The molecule has 170 valence electrons. The summed E-state index contributed by atoms with van der Waals surface area (Å²) in [4.78, 5) is 0. The predicted octanol–water partition coefficient (Wildman–Crippen LogP) is 7.51. The van der Waals surface area contributed by atoms with E-state index in [1.54, 1.807) is 0 Å². The van der Waals surface area contributed by atoms with Gasteiger partial charge in [0.2, 0.25) is 0 Å². The Hall–Kier alpha value is 1.67. The highest BCUT2D eigenvalue weighted by Crippen LogP contribution is 2.44. The first kappa shape index (κ1) is 29.7. The Morgan fingerprint density at radius 2 is 0.964 bits per heavy atom. The van der Waals surface area contributed by atoms with Crippen LogP contribution in [0.15, 0.2) is 0 Å². The van der Waals surface area contributed by atoms with E-state index in [0.29, 0.717) is 0 Å². The van der Waals surface area contributed by atoms with Crippen molar-refractivity contribution in [3.8, 4) is 0 Å². The molecule has 10 heteroatoms. The van der Waals surface area contributed by atoms with Gasteiger partial charge in [-0.15, -0.1) is 0 Å². The average Bonchev–Trinajstić information content (AvgIpc) is 2.72. The van der Waals surface area contributed by atoms with E-state index >= 15 is 0 Å². The standard InChI is InChI=1S/C18H42O4S4Si2/c1-7-13-21-27(11-5,19-9-3)17-15-23-25-26-24-16-18-28(12-6,20-10-4)22-14-8-2/h7-18H2,1-6H3. The molecule has 0 aliphatic heterocycles. The Balaban J connectivity index is 4.08. The van der Waals surface area contributed by atoms with Gasteiger partial charge in [0.15, 0.2) is 0 Å². The van der Waals surface area contributed by atoms with E-state index in [0.717, 1.165) is 75.0 Å². The second-order valence-corrected chi connectivity index (χ2v) is 19.8. The molecule has 0 amide bonds. The van der Waals surface area contributed by atoms with E-state index < -0.39 is 17.1 Å². The van der Waals surface area contributed by atoms with Crippen LogP contribution < -0.4 is 0 Å². The van der Waals surface area contributed by atoms with Crippen molar-refractivity contribution in [2.75, 3.05) is 37.9 Å². The zero-order valence-electron chi connectivity index (χ0n) is 18.8. The van der Waals surface area contributed by atoms with Crippen LogP contribution in [0.4, 0.5) is 0 Å². The lowest BCUT2D eigenvalue weighted by Crippen LogP contribution is -2.42. The molecular weight excluding hydrogens is 465 g/mol. The van der Waals surface area contributed by atoms with Crippen molar-refractivity contribution in [1.29, 1.82) is 0 Å². The first-order valence-electron chi connectivity index (χ1n) is 10.7. The summed E-state index contributed by atoms with van der Waals surface area (Å²) in [6, 6.07) is 4.21. The van der Waals surface area contributed by atoms with Crippen LogP contribution in [-0.2, 0) is 17.7 Å². The van der Waals surface area contributed by atoms with Crippen LogP contribution >= 0.6 is 41.2 Å². The number of rotatable bonds is 21. The number of hydrogen-bond donors (Lipinski definition) is 0. The van der Waals surface area contributed by atoms with Crippen molar-refractivity contribution in [3.05, 3.63) is 0 Å². The van der Waals surface area contributed by atoms with Crippen LogP contribution in [0.25, 0.3) is 0 Å². The molecule has 0 spiro atoms. The maximum atomic E-state index is 6.18. The average molecular weight is 507 g/mol. The van der Waals surface area contributed by atoms with E-state index in [-0.39, 0.29) is 0 Å². The monoisotopic (exact) mass is 506 g/mol. The lowest BCUT2D eigenvalue weighted by molar-refractivity contribution is 0.176. The van der Waals surface area contributed by atoms with Gasteiger partial charge < -0.3 is 17.7 Å². The van der Waals surface area contributed by atoms with Gasteiger partial charge in [-0.3, -0.25) is 0 Å². The molecule has 2 atom stereocenters. The van der Waals surface area contributed by atoms with Crippen molar-refractivity contribution in [2.24, 2.45) is 0 Å². The van der Waals surface area contributed by atoms with Crippen LogP contribution in [0.5, 0.6) is 0 Å². The summed E-state index contributed by atoms with van der Waals surface area (Å²) in [6.07, 6.45) is 2.12. The van der Waals surface area contributed by atoms with E-state index in [1.165, 1.54) is 0 Å². The number of hydrogen-bond acceptors (Lipinski definition) is 8. The Kier molecular flexibility index (Phi) is 20.5. The van der Waals surface area contributed by atoms with Gasteiger partial charge >= 0.3 is 17.1 Å². The van der Waals surface area contributed by atoms with Crippen LogP contribution in [0, 0.1) is 0 Å². The molecule has 0 saturated heterocycles. The summed E-state index contributed by atoms with van der Waals surface area (Å²) in [5.74, 6) is 2.18. The Morgan fingerprint density at radius 1 is 0.571 bits per heavy atom. The largest absolute Gasteiger partial charge is 0.394 e. The van der Waals surface area contributed by atoms with Crippen molar-refractivity contribution < 1.29 is 17.7 Å². The maximum absolute atomic E-state index is 6.18. The molecular formula is C18H42O4S4Si2. The molecule has 0 aliphatic rings. The summed E-state index contributed by atoms with van der Waals surface area (Å²) < 4.78 is 24.5. The van der Waals surface area contributed by atoms with E-state index in [9.17, 15) is 0 Å². The molecule has 0 aromatic heterocycles. The normalized spacial score (nSPS) is 16.1. The minimum Gasteiger partial charge on any atom is -0.394 e. The van der Waals surface area contributed by atoms with Crippen LogP contribution in [0.2, 0.25) is 24.2 Å². The maximum Gasteiger partial charge on any atom is 0.338 e. The zero-order valence-corrected chi connectivity index (χ0v) is 24.0. The predicted molar refractivity (Wildman–Crippen MR) is 138 cm³/mol. The summed E-state index contributed by atoms with van der Waals surface area (Å²) >= 11 is 0. The van der Waals surface area contributed by atoms with Crippen molar-refractivity contribution >= 4 is 58.4 Å². The molecule has 0 aromatic rings. The van der Waals surface area contributed by atoms with Crippen LogP contribution in [0.3, 0.4) is 0 Å². The lowest BCUT2D eigenvalue weighted by Gasteiger charge is -2.29. The summed E-state index contributed by atoms with van der Waals surface area (Å²) in [6.45, 7) is 16.1. The molecule has 0 saturated carbocycles. The van der Waals surface area contributed by atoms with E-state index in [2.05, 4.69) is 41.5 Å². The molecule has 0 heterocycles. The Bertz CT molecular complexity index is 330. The fourth-order valence-electron chi connectivity index (χ4n) is 2.74. The minimum absolute atomic E-state index is 0.759. The van der Waals surface area contributed by atoms with Gasteiger partial charge in [-0.25, -0.2) is 0 Å². The summed E-state index contributed by atoms with van der Waals surface area (Å²) in [5.41, 5.74) is 0. The molecule has 0 radical (unpaired) electrons. The molecule has 0 aromatic carbocycles. The van der Waals surface area contributed by atoms with Crippen LogP contribution in [0.1, 0.15) is 54.4 Å². The Labute approximate surface area is 191 Å². The first-order chi connectivity index (χ1) is 13.6. The van der Waals surface area contributed by atoms with Gasteiger partial charge in [-0.2, -0.15) is 0 Å². The highest BCUT2D eigenvalue weighted by atomic mass is 33.7. The molecule has 4 nitrogen and oxygen atoms in total. The third kappa shape index (κ3) is 13.2. The SMILES string of the molecule is CCCO[Si](CC)(CCSSSSCC[Si](CC)(OCC)OCCC)OCC. The van der Waals surface area contributed by atoms with Gasteiger partial charge in [0.25, 0.3) is 0 Å². The highest BCUT2D eigenvalue weighted by molar-refractivity contribution is 9.26. The zero-order chi connectivity index (χ0) is 21.1. The molecule has 0 bridgehead atoms. The molecule has 0 aliphatic carbocycles. The van der Waals surface area contributed by atoms with Crippen molar-refractivity contribution in [3.63, 3.8) is 0 Å². The quantitative estimate of drug-likeness (QED) is 0.0898. The third-order valence-electron chi connectivity index (χ3n) is 4.29.